The molecule has 3 aliphatic rings. The van der Waals surface area contributed by atoms with Gasteiger partial charge in [-0.1, -0.05) is 61.5 Å². The van der Waals surface area contributed by atoms with E-state index in [0.717, 1.165) is 24.0 Å². The van der Waals surface area contributed by atoms with Crippen molar-refractivity contribution in [2.24, 2.45) is 5.92 Å². The van der Waals surface area contributed by atoms with Crippen LogP contribution in [0.1, 0.15) is 40.0 Å². The van der Waals surface area contributed by atoms with E-state index in [4.69, 9.17) is 0 Å². The molecule has 170 valence electrons. The number of carbonyl (C=O) groups is 3. The molecule has 0 aliphatic carbocycles. The number of hydrogen-bond acceptors (Lipinski definition) is 4. The average Bonchev–Trinajstić information content (AvgIpc) is 3.36. The van der Waals surface area contributed by atoms with Gasteiger partial charge in [0.1, 0.15) is 6.04 Å². The van der Waals surface area contributed by atoms with Crippen LogP contribution in [0.15, 0.2) is 78.9 Å². The fourth-order valence-electron chi connectivity index (χ4n) is 5.70. The zero-order chi connectivity index (χ0) is 23.4. The van der Waals surface area contributed by atoms with Gasteiger partial charge in [0.25, 0.3) is 11.8 Å². The Kier molecular flexibility index (Phi) is 4.85. The Morgan fingerprint density at radius 2 is 1.56 bits per heavy atom. The van der Waals surface area contributed by atoms with Crippen molar-refractivity contribution in [2.75, 3.05) is 11.4 Å². The summed E-state index contributed by atoms with van der Waals surface area (Å²) in [6.07, 6.45) is 1.63. The van der Waals surface area contributed by atoms with Crippen molar-refractivity contribution in [3.63, 3.8) is 0 Å². The van der Waals surface area contributed by atoms with Gasteiger partial charge in [-0.05, 0) is 53.8 Å². The van der Waals surface area contributed by atoms with E-state index < -0.39 is 12.0 Å². The molecule has 0 spiro atoms. The van der Waals surface area contributed by atoms with E-state index >= 15 is 0 Å². The Labute approximate surface area is 198 Å². The lowest BCUT2D eigenvalue weighted by Crippen LogP contribution is -2.52. The third-order valence-electron chi connectivity index (χ3n) is 7.34. The average molecular weight is 452 g/mol. The van der Waals surface area contributed by atoms with Crippen LogP contribution in [0.4, 0.5) is 5.69 Å². The van der Waals surface area contributed by atoms with Gasteiger partial charge in [-0.3, -0.25) is 19.4 Å². The zero-order valence-corrected chi connectivity index (χ0v) is 18.9. The summed E-state index contributed by atoms with van der Waals surface area (Å²) in [6, 6.07) is 23.4. The summed E-state index contributed by atoms with van der Waals surface area (Å²) in [5, 5.41) is 3.53. The maximum Gasteiger partial charge on any atom is 0.268 e. The van der Waals surface area contributed by atoms with E-state index in [0.29, 0.717) is 17.8 Å². The largest absolute Gasteiger partial charge is 0.274 e. The van der Waals surface area contributed by atoms with Crippen LogP contribution in [-0.4, -0.2) is 40.3 Å². The number of benzene rings is 3. The number of fused-ring (bicyclic) bond motifs is 5. The number of aryl methyl sites for hydroxylation is 1. The molecule has 3 amide bonds. The first-order chi connectivity index (χ1) is 16.6. The van der Waals surface area contributed by atoms with Gasteiger partial charge >= 0.3 is 0 Å². The van der Waals surface area contributed by atoms with Crippen molar-refractivity contribution < 1.29 is 14.4 Å². The molecule has 0 N–H and O–H groups in total. The van der Waals surface area contributed by atoms with Crippen molar-refractivity contribution in [3.05, 3.63) is 101 Å². The van der Waals surface area contributed by atoms with Crippen LogP contribution < -0.4 is 4.90 Å². The summed E-state index contributed by atoms with van der Waals surface area (Å²) < 4.78 is 0. The van der Waals surface area contributed by atoms with Crippen LogP contribution in [0, 0.1) is 5.92 Å². The summed E-state index contributed by atoms with van der Waals surface area (Å²) in [5.41, 5.74) is 4.39. The first-order valence-corrected chi connectivity index (χ1v) is 11.8. The highest BCUT2D eigenvalue weighted by atomic mass is 16.2. The molecule has 2 fully saturated rings. The van der Waals surface area contributed by atoms with Gasteiger partial charge < -0.3 is 0 Å². The molecule has 3 heterocycles. The van der Waals surface area contributed by atoms with Crippen LogP contribution in [0.2, 0.25) is 0 Å². The Hall–Kier alpha value is -3.77. The van der Waals surface area contributed by atoms with Gasteiger partial charge in [-0.25, -0.2) is 9.91 Å². The first kappa shape index (κ1) is 20.8. The van der Waals surface area contributed by atoms with Crippen molar-refractivity contribution in [1.29, 1.82) is 0 Å². The van der Waals surface area contributed by atoms with E-state index in [-0.39, 0.29) is 23.8 Å². The summed E-state index contributed by atoms with van der Waals surface area (Å²) in [7, 11) is 0. The van der Waals surface area contributed by atoms with Crippen LogP contribution in [0.3, 0.4) is 0 Å². The minimum absolute atomic E-state index is 0.241. The van der Waals surface area contributed by atoms with Gasteiger partial charge in [-0.15, -0.1) is 0 Å². The van der Waals surface area contributed by atoms with Crippen LogP contribution in [-0.2, 0) is 22.4 Å². The summed E-state index contributed by atoms with van der Waals surface area (Å²) in [4.78, 5) is 42.7. The second-order valence-electron chi connectivity index (χ2n) is 9.07. The smallest absolute Gasteiger partial charge is 0.268 e. The highest BCUT2D eigenvalue weighted by Crippen LogP contribution is 2.50. The molecule has 6 heteroatoms. The minimum atomic E-state index is -0.859. The second-order valence-corrected chi connectivity index (χ2v) is 9.07. The maximum atomic E-state index is 13.9. The van der Waals surface area contributed by atoms with E-state index in [2.05, 4.69) is 13.0 Å². The molecule has 0 saturated carbocycles. The lowest BCUT2D eigenvalue weighted by molar-refractivity contribution is -0.126. The quantitative estimate of drug-likeness (QED) is 0.569. The Bertz CT molecular complexity index is 1290. The molecular formula is C28H25N3O3. The fraction of sp³-hybridized carbons (Fsp3) is 0.250. The Balaban J connectivity index is 1.47. The summed E-state index contributed by atoms with van der Waals surface area (Å²) >= 11 is 0. The predicted molar refractivity (Wildman–Crippen MR) is 128 cm³/mol. The van der Waals surface area contributed by atoms with Crippen molar-refractivity contribution in [1.82, 2.24) is 10.0 Å². The number of anilines is 1. The highest BCUT2D eigenvalue weighted by Gasteiger charge is 2.64. The molecule has 0 aromatic heterocycles. The molecule has 0 unspecified atom stereocenters. The molecule has 3 aromatic carbocycles. The minimum Gasteiger partial charge on any atom is -0.274 e. The van der Waals surface area contributed by atoms with E-state index in [9.17, 15) is 14.4 Å². The standard InChI is InChI=1S/C28H25N3O3/c1-2-18-12-14-21(15-13-18)30-27(33)23-24-22-11-7-6-8-19(22)16-17-29(24)31(25(23)28(30)34)26(32)20-9-4-3-5-10-20/h3-15,23-25H,2,16-17H2,1H3/t23-,24+,25+/m1/s1. The molecule has 3 atom stereocenters. The van der Waals surface area contributed by atoms with Crippen molar-refractivity contribution in [3.8, 4) is 0 Å². The topological polar surface area (TPSA) is 60.9 Å². The third kappa shape index (κ3) is 2.95. The second kappa shape index (κ2) is 7.92. The molecule has 0 bridgehead atoms. The molecule has 6 rings (SSSR count). The van der Waals surface area contributed by atoms with Crippen LogP contribution in [0.25, 0.3) is 0 Å². The molecular weight excluding hydrogens is 426 g/mol. The lowest BCUT2D eigenvalue weighted by atomic mass is 9.85. The number of hydrazine groups is 1. The number of rotatable bonds is 3. The molecule has 3 aromatic rings. The van der Waals surface area contributed by atoms with Gasteiger partial charge in [0.2, 0.25) is 5.91 Å². The number of imide groups is 1. The molecule has 3 aliphatic heterocycles. The number of carbonyl (C=O) groups excluding carboxylic acids is 3. The lowest BCUT2D eigenvalue weighted by Gasteiger charge is -2.39. The Morgan fingerprint density at radius 1 is 0.853 bits per heavy atom. The van der Waals surface area contributed by atoms with Crippen LogP contribution in [0.5, 0.6) is 0 Å². The van der Waals surface area contributed by atoms with Crippen molar-refractivity contribution in [2.45, 2.75) is 31.8 Å². The van der Waals surface area contributed by atoms with Gasteiger partial charge in [0, 0.05) is 12.1 Å². The Morgan fingerprint density at radius 3 is 2.29 bits per heavy atom. The highest BCUT2D eigenvalue weighted by molar-refractivity contribution is 6.25. The monoisotopic (exact) mass is 451 g/mol. The summed E-state index contributed by atoms with van der Waals surface area (Å²) in [6.45, 7) is 2.65. The van der Waals surface area contributed by atoms with Crippen LogP contribution >= 0.6 is 0 Å². The van der Waals surface area contributed by atoms with Crippen molar-refractivity contribution >= 4 is 23.4 Å². The number of hydrogen-bond donors (Lipinski definition) is 0. The van der Waals surface area contributed by atoms with Gasteiger partial charge in [0.05, 0.1) is 17.6 Å². The number of amides is 3. The van der Waals surface area contributed by atoms with E-state index in [1.165, 1.54) is 10.5 Å². The molecule has 2 saturated heterocycles. The normalized spacial score (nSPS) is 23.6. The predicted octanol–water partition coefficient (Wildman–Crippen LogP) is 3.78. The maximum absolute atomic E-state index is 13.9. The van der Waals surface area contributed by atoms with E-state index in [1.807, 2.05) is 65.7 Å². The zero-order valence-electron chi connectivity index (χ0n) is 18.9. The SMILES string of the molecule is CCc1ccc(N2C(=O)[C@H]3[C@@H](C2=O)N(C(=O)c2ccccc2)N2CCc4ccccc4[C@@H]32)cc1. The molecule has 34 heavy (non-hydrogen) atoms. The third-order valence-corrected chi connectivity index (χ3v) is 7.34. The van der Waals surface area contributed by atoms with Gasteiger partial charge in [0.15, 0.2) is 0 Å². The first-order valence-electron chi connectivity index (χ1n) is 11.8. The number of nitrogens with zero attached hydrogens (tertiary/aromatic N) is 3. The van der Waals surface area contributed by atoms with E-state index in [1.54, 1.807) is 17.1 Å². The summed E-state index contributed by atoms with van der Waals surface area (Å²) in [5.74, 6) is -1.47. The molecule has 0 radical (unpaired) electrons. The molecule has 6 nitrogen and oxygen atoms in total. The van der Waals surface area contributed by atoms with Gasteiger partial charge in [-0.2, -0.15) is 0 Å². The fourth-order valence-corrected chi connectivity index (χ4v) is 5.70.